The number of rotatable bonds is 0. The van der Waals surface area contributed by atoms with Crippen LogP contribution in [0.4, 0.5) is 5.69 Å². The Morgan fingerprint density at radius 3 is 2.86 bits per heavy atom. The largest absolute Gasteiger partial charge is 0.391 e. The molecule has 2 heterocycles. The van der Waals surface area contributed by atoms with Gasteiger partial charge in [-0.1, -0.05) is 18.2 Å². The molecule has 3 nitrogen and oxygen atoms in total. The molecule has 0 spiro atoms. The lowest BCUT2D eigenvalue weighted by atomic mass is 9.85. The minimum Gasteiger partial charge on any atom is -0.391 e. The maximum absolute atomic E-state index is 11.4. The summed E-state index contributed by atoms with van der Waals surface area (Å²) in [5, 5.41) is 9.77. The molecule has 1 saturated heterocycles. The topological polar surface area (TPSA) is 40.5 Å². The van der Waals surface area contributed by atoms with Crippen molar-refractivity contribution in [2.45, 2.75) is 25.0 Å². The number of aliphatic hydroxyl groups excluding tert-OH is 1. The number of β-lactam (4-membered cyclic amide) rings is 1. The molecule has 1 N–H and O–H groups in total. The fourth-order valence-electron chi connectivity index (χ4n) is 2.34. The van der Waals surface area contributed by atoms with E-state index in [1.165, 1.54) is 0 Å². The molecule has 72 valence electrons. The number of fused-ring (bicyclic) bond motifs is 3. The van der Waals surface area contributed by atoms with Crippen molar-refractivity contribution in [2.24, 2.45) is 0 Å². The zero-order valence-corrected chi connectivity index (χ0v) is 7.68. The molecular formula is C11H11NO2. The highest BCUT2D eigenvalue weighted by Crippen LogP contribution is 2.37. The van der Waals surface area contributed by atoms with E-state index in [0.29, 0.717) is 12.8 Å². The first-order valence-corrected chi connectivity index (χ1v) is 4.85. The molecule has 1 aromatic carbocycles. The lowest BCUT2D eigenvalue weighted by molar-refractivity contribution is -0.126. The highest BCUT2D eigenvalue weighted by molar-refractivity contribution is 6.02. The summed E-state index contributed by atoms with van der Waals surface area (Å²) in [4.78, 5) is 13.1. The van der Waals surface area contributed by atoms with Gasteiger partial charge in [0.25, 0.3) is 0 Å². The van der Waals surface area contributed by atoms with E-state index in [-0.39, 0.29) is 18.1 Å². The van der Waals surface area contributed by atoms with Gasteiger partial charge in [0, 0.05) is 12.1 Å². The molecule has 0 radical (unpaired) electrons. The van der Waals surface area contributed by atoms with Crippen molar-refractivity contribution < 1.29 is 9.90 Å². The molecule has 1 amide bonds. The van der Waals surface area contributed by atoms with Crippen LogP contribution >= 0.6 is 0 Å². The SMILES string of the molecule is O=C1C[C@H]2[C@H](O)Cc3ccccc3N12. The van der Waals surface area contributed by atoms with E-state index in [2.05, 4.69) is 0 Å². The van der Waals surface area contributed by atoms with Gasteiger partial charge in [0.15, 0.2) is 0 Å². The summed E-state index contributed by atoms with van der Waals surface area (Å²) >= 11 is 0. The van der Waals surface area contributed by atoms with Crippen LogP contribution in [0.15, 0.2) is 24.3 Å². The Bertz CT molecular complexity index is 402. The Morgan fingerprint density at radius 1 is 1.29 bits per heavy atom. The molecule has 0 bridgehead atoms. The quantitative estimate of drug-likeness (QED) is 0.610. The second-order valence-corrected chi connectivity index (χ2v) is 3.94. The molecule has 0 unspecified atom stereocenters. The molecule has 3 heteroatoms. The summed E-state index contributed by atoms with van der Waals surface area (Å²) in [5.41, 5.74) is 2.06. The zero-order chi connectivity index (χ0) is 9.71. The molecule has 2 aliphatic heterocycles. The van der Waals surface area contributed by atoms with E-state index in [1.54, 1.807) is 4.90 Å². The first kappa shape index (κ1) is 8.00. The first-order chi connectivity index (χ1) is 6.77. The number of para-hydroxylation sites is 1. The summed E-state index contributed by atoms with van der Waals surface area (Å²) in [7, 11) is 0. The summed E-state index contributed by atoms with van der Waals surface area (Å²) in [6.07, 6.45) is 0.780. The van der Waals surface area contributed by atoms with Crippen LogP contribution in [0.25, 0.3) is 0 Å². The van der Waals surface area contributed by atoms with Gasteiger partial charge in [-0.15, -0.1) is 0 Å². The molecule has 0 saturated carbocycles. The summed E-state index contributed by atoms with van der Waals surface area (Å²) in [6.45, 7) is 0. The second kappa shape index (κ2) is 2.58. The molecule has 1 aromatic rings. The number of hydrogen-bond acceptors (Lipinski definition) is 2. The molecule has 0 aromatic heterocycles. The molecule has 1 fully saturated rings. The number of amides is 1. The Morgan fingerprint density at radius 2 is 2.07 bits per heavy atom. The summed E-state index contributed by atoms with van der Waals surface area (Å²) < 4.78 is 0. The van der Waals surface area contributed by atoms with E-state index in [4.69, 9.17) is 0 Å². The van der Waals surface area contributed by atoms with Crippen molar-refractivity contribution in [3.63, 3.8) is 0 Å². The minimum absolute atomic E-state index is 0.0254. The number of benzene rings is 1. The highest BCUT2D eigenvalue weighted by atomic mass is 16.3. The molecular weight excluding hydrogens is 178 g/mol. The van der Waals surface area contributed by atoms with Crippen LogP contribution in [0.3, 0.4) is 0 Å². The lowest BCUT2D eigenvalue weighted by Gasteiger charge is -2.47. The van der Waals surface area contributed by atoms with Crippen LogP contribution in [-0.4, -0.2) is 23.2 Å². The van der Waals surface area contributed by atoms with Gasteiger partial charge in [-0.2, -0.15) is 0 Å². The summed E-state index contributed by atoms with van der Waals surface area (Å²) in [6, 6.07) is 7.82. The van der Waals surface area contributed by atoms with Gasteiger partial charge in [-0.05, 0) is 11.6 Å². The number of anilines is 1. The Labute approximate surface area is 82.0 Å². The standard InChI is InChI=1S/C11H11NO2/c13-10-5-7-3-1-2-4-8(7)12-9(10)6-11(12)14/h1-4,9-10,13H,5-6H2/t9-,10+/m0/s1. The Hall–Kier alpha value is -1.35. The number of carbonyl (C=O) groups is 1. The smallest absolute Gasteiger partial charge is 0.229 e. The lowest BCUT2D eigenvalue weighted by Crippen LogP contribution is -2.61. The normalized spacial score (nSPS) is 29.2. The number of aliphatic hydroxyl groups is 1. The fraction of sp³-hybridized carbons (Fsp3) is 0.364. The maximum Gasteiger partial charge on any atom is 0.229 e. The Kier molecular flexibility index (Phi) is 1.47. The van der Waals surface area contributed by atoms with Crippen molar-refractivity contribution in [3.05, 3.63) is 29.8 Å². The predicted octanol–water partition coefficient (Wildman–Crippen LogP) is 0.709. The number of hydrogen-bond donors (Lipinski definition) is 1. The molecule has 0 aliphatic carbocycles. The third-order valence-corrected chi connectivity index (χ3v) is 3.11. The third-order valence-electron chi connectivity index (χ3n) is 3.11. The van der Waals surface area contributed by atoms with Gasteiger partial charge in [0.2, 0.25) is 5.91 Å². The zero-order valence-electron chi connectivity index (χ0n) is 7.68. The maximum atomic E-state index is 11.4. The molecule has 14 heavy (non-hydrogen) atoms. The fourth-order valence-corrected chi connectivity index (χ4v) is 2.34. The van der Waals surface area contributed by atoms with Crippen LogP contribution in [0, 0.1) is 0 Å². The van der Waals surface area contributed by atoms with Crippen molar-refractivity contribution in [2.75, 3.05) is 4.90 Å². The molecule has 2 atom stereocenters. The minimum atomic E-state index is -0.386. The Balaban J connectivity index is 2.10. The van der Waals surface area contributed by atoms with Crippen molar-refractivity contribution in [1.82, 2.24) is 0 Å². The summed E-state index contributed by atoms with van der Waals surface area (Å²) in [5.74, 6) is 0.126. The van der Waals surface area contributed by atoms with E-state index in [9.17, 15) is 9.90 Å². The van der Waals surface area contributed by atoms with Gasteiger partial charge in [0.1, 0.15) is 0 Å². The van der Waals surface area contributed by atoms with Crippen LogP contribution in [0.2, 0.25) is 0 Å². The molecule has 3 rings (SSSR count). The highest BCUT2D eigenvalue weighted by Gasteiger charge is 2.45. The molecule has 2 aliphatic rings. The van der Waals surface area contributed by atoms with Crippen molar-refractivity contribution >= 4 is 11.6 Å². The van der Waals surface area contributed by atoms with Crippen molar-refractivity contribution in [3.8, 4) is 0 Å². The second-order valence-electron chi connectivity index (χ2n) is 3.94. The average Bonchev–Trinajstić information content (AvgIpc) is 2.16. The van der Waals surface area contributed by atoms with Crippen molar-refractivity contribution in [1.29, 1.82) is 0 Å². The monoisotopic (exact) mass is 189 g/mol. The predicted molar refractivity (Wildman–Crippen MR) is 52.0 cm³/mol. The average molecular weight is 189 g/mol. The van der Waals surface area contributed by atoms with E-state index in [1.807, 2.05) is 24.3 Å². The number of nitrogens with zero attached hydrogens (tertiary/aromatic N) is 1. The third kappa shape index (κ3) is 0.876. The van der Waals surface area contributed by atoms with Gasteiger partial charge in [0.05, 0.1) is 18.6 Å². The van der Waals surface area contributed by atoms with E-state index in [0.717, 1.165) is 11.3 Å². The van der Waals surface area contributed by atoms with Gasteiger partial charge in [-0.3, -0.25) is 4.79 Å². The van der Waals surface area contributed by atoms with Crippen LogP contribution in [-0.2, 0) is 11.2 Å². The van der Waals surface area contributed by atoms with Crippen LogP contribution < -0.4 is 4.90 Å². The van der Waals surface area contributed by atoms with E-state index < -0.39 is 0 Å². The number of carbonyl (C=O) groups excluding carboxylic acids is 1. The van der Waals surface area contributed by atoms with Crippen LogP contribution in [0.1, 0.15) is 12.0 Å². The first-order valence-electron chi connectivity index (χ1n) is 4.85. The van der Waals surface area contributed by atoms with Gasteiger partial charge in [-0.25, -0.2) is 0 Å². The van der Waals surface area contributed by atoms with Gasteiger partial charge < -0.3 is 10.0 Å². The van der Waals surface area contributed by atoms with Gasteiger partial charge >= 0.3 is 0 Å². The van der Waals surface area contributed by atoms with Crippen LogP contribution in [0.5, 0.6) is 0 Å². The van der Waals surface area contributed by atoms with E-state index >= 15 is 0 Å².